The molecule has 2 aromatic heterocycles. The van der Waals surface area contributed by atoms with Crippen LogP contribution in [0, 0.1) is 10.1 Å². The van der Waals surface area contributed by atoms with Gasteiger partial charge in [0, 0.05) is 62.8 Å². The van der Waals surface area contributed by atoms with Crippen molar-refractivity contribution in [2.45, 2.75) is 26.4 Å². The fourth-order valence-electron chi connectivity index (χ4n) is 3.86. The molecule has 0 saturated carbocycles. The van der Waals surface area contributed by atoms with E-state index in [1.54, 1.807) is 12.1 Å². The number of hydrogen-bond donors (Lipinski definition) is 1. The smallest absolute Gasteiger partial charge is 0.293 e. The third kappa shape index (κ3) is 4.66. The van der Waals surface area contributed by atoms with Crippen molar-refractivity contribution in [3.05, 3.63) is 70.2 Å². The average Bonchev–Trinajstić information content (AvgIpc) is 3.15. The molecular formula is C22H26N6O3. The molecular weight excluding hydrogens is 396 g/mol. The van der Waals surface area contributed by atoms with Crippen molar-refractivity contribution in [3.8, 4) is 0 Å². The lowest BCUT2D eigenvalue weighted by Crippen LogP contribution is -2.46. The van der Waals surface area contributed by atoms with Crippen molar-refractivity contribution in [3.63, 3.8) is 0 Å². The van der Waals surface area contributed by atoms with Gasteiger partial charge in [0.15, 0.2) is 0 Å². The first-order valence-electron chi connectivity index (χ1n) is 10.4. The molecule has 0 aliphatic carbocycles. The first-order chi connectivity index (χ1) is 14.9. The summed E-state index contributed by atoms with van der Waals surface area (Å²) >= 11 is 0. The summed E-state index contributed by atoms with van der Waals surface area (Å²) < 4.78 is 2.01. The van der Waals surface area contributed by atoms with Gasteiger partial charge in [-0.05, 0) is 38.1 Å². The van der Waals surface area contributed by atoms with Gasteiger partial charge in [-0.25, -0.2) is 4.98 Å². The highest BCUT2D eigenvalue weighted by molar-refractivity contribution is 5.96. The molecule has 4 rings (SSSR count). The van der Waals surface area contributed by atoms with Gasteiger partial charge in [0.1, 0.15) is 11.3 Å². The number of nitrogens with one attached hydrogen (secondary N) is 1. The van der Waals surface area contributed by atoms with E-state index in [1.165, 1.54) is 6.07 Å². The number of benzene rings is 1. The van der Waals surface area contributed by atoms with Gasteiger partial charge in [-0.15, -0.1) is 0 Å². The normalized spacial score (nSPS) is 14.9. The lowest BCUT2D eigenvalue weighted by molar-refractivity contribution is -0.384. The van der Waals surface area contributed by atoms with Gasteiger partial charge in [0.2, 0.25) is 0 Å². The van der Waals surface area contributed by atoms with Crippen molar-refractivity contribution >= 4 is 22.9 Å². The van der Waals surface area contributed by atoms with Crippen LogP contribution in [0.25, 0.3) is 5.65 Å². The summed E-state index contributed by atoms with van der Waals surface area (Å²) in [5.41, 5.74) is 2.75. The number of piperazine rings is 1. The summed E-state index contributed by atoms with van der Waals surface area (Å²) in [6.45, 7) is 7.35. The molecule has 162 valence electrons. The Kier molecular flexibility index (Phi) is 5.85. The number of nitrogens with zero attached hydrogens (tertiary/aromatic N) is 5. The number of imidazole rings is 1. The number of carbonyl (C=O) groups is 1. The molecule has 1 amide bonds. The number of amides is 1. The number of rotatable bonds is 6. The highest BCUT2D eigenvalue weighted by Crippen LogP contribution is 2.30. The van der Waals surface area contributed by atoms with Crippen LogP contribution in [0.5, 0.6) is 0 Å². The molecule has 0 atom stereocenters. The lowest BCUT2D eigenvalue weighted by Gasteiger charge is -2.35. The predicted molar refractivity (Wildman–Crippen MR) is 118 cm³/mol. The molecule has 1 N–H and O–H groups in total. The number of anilines is 1. The first-order valence-corrected chi connectivity index (χ1v) is 10.4. The topological polar surface area (TPSA) is 96.0 Å². The molecule has 0 radical (unpaired) electrons. The number of fused-ring (bicyclic) bond motifs is 1. The van der Waals surface area contributed by atoms with E-state index in [4.69, 9.17) is 0 Å². The largest absolute Gasteiger partial charge is 0.363 e. The van der Waals surface area contributed by atoms with E-state index < -0.39 is 4.92 Å². The van der Waals surface area contributed by atoms with Crippen LogP contribution < -0.4 is 10.2 Å². The molecule has 1 aliphatic rings. The number of nitro benzene ring substituents is 1. The summed E-state index contributed by atoms with van der Waals surface area (Å²) in [5.74, 6) is -0.304. The molecule has 3 aromatic rings. The standard InChI is InChI=1S/C22H26N6O3/c1-16(2)23-22(29)17-6-7-19(20(13-17)28(30)31)26-11-9-25(10-12-26)14-18-15-27-8-4-3-5-21(27)24-18/h3-8,13,15-16H,9-12,14H2,1-2H3,(H,23,29). The highest BCUT2D eigenvalue weighted by Gasteiger charge is 2.25. The first kappa shape index (κ1) is 20.8. The second-order valence-electron chi connectivity index (χ2n) is 8.05. The number of aromatic nitrogens is 2. The molecule has 0 spiro atoms. The number of carbonyl (C=O) groups excluding carboxylic acids is 1. The zero-order valence-corrected chi connectivity index (χ0v) is 17.7. The van der Waals surface area contributed by atoms with Gasteiger partial charge in [-0.3, -0.25) is 19.8 Å². The van der Waals surface area contributed by atoms with Crippen molar-refractivity contribution < 1.29 is 9.72 Å². The van der Waals surface area contributed by atoms with Gasteiger partial charge in [-0.1, -0.05) is 6.07 Å². The Morgan fingerprint density at radius 3 is 2.65 bits per heavy atom. The molecule has 9 heteroatoms. The molecule has 1 aliphatic heterocycles. The van der Waals surface area contributed by atoms with E-state index >= 15 is 0 Å². The van der Waals surface area contributed by atoms with Crippen LogP contribution in [0.15, 0.2) is 48.8 Å². The van der Waals surface area contributed by atoms with Crippen LogP contribution in [0.3, 0.4) is 0 Å². The Labute approximate surface area is 180 Å². The van der Waals surface area contributed by atoms with E-state index in [9.17, 15) is 14.9 Å². The zero-order valence-electron chi connectivity index (χ0n) is 17.7. The highest BCUT2D eigenvalue weighted by atomic mass is 16.6. The second-order valence-corrected chi connectivity index (χ2v) is 8.05. The monoisotopic (exact) mass is 422 g/mol. The quantitative estimate of drug-likeness (QED) is 0.485. The maximum atomic E-state index is 12.2. The lowest BCUT2D eigenvalue weighted by atomic mass is 10.1. The second kappa shape index (κ2) is 8.73. The number of nitro groups is 1. The van der Waals surface area contributed by atoms with Gasteiger partial charge < -0.3 is 14.6 Å². The number of pyridine rings is 1. The van der Waals surface area contributed by atoms with E-state index in [2.05, 4.69) is 15.2 Å². The fraction of sp³-hybridized carbons (Fsp3) is 0.364. The summed E-state index contributed by atoms with van der Waals surface area (Å²) in [7, 11) is 0. The Morgan fingerprint density at radius 1 is 1.19 bits per heavy atom. The molecule has 3 heterocycles. The zero-order chi connectivity index (χ0) is 22.0. The van der Waals surface area contributed by atoms with Crippen LogP contribution in [0.4, 0.5) is 11.4 Å². The summed E-state index contributed by atoms with van der Waals surface area (Å²) in [6.07, 6.45) is 4.02. The van der Waals surface area contributed by atoms with Crippen molar-refractivity contribution in [2.75, 3.05) is 31.1 Å². The SMILES string of the molecule is CC(C)NC(=O)c1ccc(N2CCN(Cc3cn4ccccc4n3)CC2)c([N+](=O)[O-])c1. The molecule has 31 heavy (non-hydrogen) atoms. The molecule has 0 unspecified atom stereocenters. The Hall–Kier alpha value is -3.46. The minimum atomic E-state index is -0.412. The third-order valence-electron chi connectivity index (χ3n) is 5.37. The Bertz CT molecular complexity index is 1070. The van der Waals surface area contributed by atoms with E-state index in [0.29, 0.717) is 24.3 Å². The maximum absolute atomic E-state index is 12.2. The fourth-order valence-corrected chi connectivity index (χ4v) is 3.86. The van der Waals surface area contributed by atoms with Gasteiger partial charge in [0.05, 0.1) is 10.6 Å². The van der Waals surface area contributed by atoms with Crippen LogP contribution in [0.2, 0.25) is 0 Å². The molecule has 0 bridgehead atoms. The maximum Gasteiger partial charge on any atom is 0.293 e. The molecule has 9 nitrogen and oxygen atoms in total. The van der Waals surface area contributed by atoms with E-state index in [-0.39, 0.29) is 17.6 Å². The Morgan fingerprint density at radius 2 is 1.97 bits per heavy atom. The van der Waals surface area contributed by atoms with Gasteiger partial charge in [-0.2, -0.15) is 0 Å². The van der Waals surface area contributed by atoms with Gasteiger partial charge >= 0.3 is 0 Å². The van der Waals surface area contributed by atoms with Crippen LogP contribution in [-0.2, 0) is 6.54 Å². The minimum absolute atomic E-state index is 0.0350. The van der Waals surface area contributed by atoms with E-state index in [1.807, 2.05) is 53.7 Å². The van der Waals surface area contributed by atoms with E-state index in [0.717, 1.165) is 31.0 Å². The molecule has 1 aromatic carbocycles. The number of hydrogen-bond acceptors (Lipinski definition) is 6. The van der Waals surface area contributed by atoms with Crippen molar-refractivity contribution in [2.24, 2.45) is 0 Å². The minimum Gasteiger partial charge on any atom is -0.363 e. The summed E-state index contributed by atoms with van der Waals surface area (Å²) in [6, 6.07) is 10.6. The van der Waals surface area contributed by atoms with Gasteiger partial charge in [0.25, 0.3) is 11.6 Å². The third-order valence-corrected chi connectivity index (χ3v) is 5.37. The van der Waals surface area contributed by atoms with Crippen LogP contribution in [-0.4, -0.2) is 57.3 Å². The molecule has 1 fully saturated rings. The van der Waals surface area contributed by atoms with Crippen LogP contribution >= 0.6 is 0 Å². The average molecular weight is 422 g/mol. The predicted octanol–water partition coefficient (Wildman–Crippen LogP) is 2.70. The summed E-state index contributed by atoms with van der Waals surface area (Å²) in [4.78, 5) is 32.5. The molecule has 1 saturated heterocycles. The van der Waals surface area contributed by atoms with Crippen molar-refractivity contribution in [1.82, 2.24) is 19.6 Å². The van der Waals surface area contributed by atoms with Crippen LogP contribution in [0.1, 0.15) is 29.9 Å². The summed E-state index contributed by atoms with van der Waals surface area (Å²) in [5, 5.41) is 14.5. The Balaban J connectivity index is 1.43. The van der Waals surface area contributed by atoms with Crippen molar-refractivity contribution in [1.29, 1.82) is 0 Å².